The van der Waals surface area contributed by atoms with E-state index in [1.165, 1.54) is 29.0 Å². The third-order valence-electron chi connectivity index (χ3n) is 3.40. The van der Waals surface area contributed by atoms with E-state index in [0.717, 1.165) is 6.07 Å². The van der Waals surface area contributed by atoms with E-state index in [9.17, 15) is 32.8 Å². The predicted molar refractivity (Wildman–Crippen MR) is 76.4 cm³/mol. The van der Waals surface area contributed by atoms with Crippen LogP contribution in [0.15, 0.2) is 30.3 Å². The molecule has 8 nitrogen and oxygen atoms in total. The van der Waals surface area contributed by atoms with E-state index in [4.69, 9.17) is 0 Å². The van der Waals surface area contributed by atoms with Gasteiger partial charge in [0.15, 0.2) is 33.4 Å². The highest BCUT2D eigenvalue weighted by molar-refractivity contribution is 7.87. The van der Waals surface area contributed by atoms with Crippen molar-refractivity contribution in [3.8, 4) is 11.5 Å². The lowest BCUT2D eigenvalue weighted by atomic mass is 9.83. The number of aromatic hydroxyl groups is 2. The van der Waals surface area contributed by atoms with Crippen molar-refractivity contribution in [3.05, 3.63) is 52.6 Å². The van der Waals surface area contributed by atoms with Gasteiger partial charge in [0.2, 0.25) is 0 Å². The van der Waals surface area contributed by atoms with Gasteiger partial charge in [-0.3, -0.25) is 14.3 Å². The van der Waals surface area contributed by atoms with E-state index in [2.05, 4.69) is 0 Å². The maximum absolute atomic E-state index is 12.4. The number of benzene rings is 2. The van der Waals surface area contributed by atoms with Crippen LogP contribution in [0.5, 0.6) is 11.5 Å². The molecule has 1 aliphatic carbocycles. The van der Waals surface area contributed by atoms with Crippen LogP contribution in [-0.4, -0.2) is 34.8 Å². The molecule has 0 aliphatic heterocycles. The van der Waals surface area contributed by atoms with Crippen LogP contribution in [0.25, 0.3) is 0 Å². The normalized spacial score (nSPS) is 13.4. The van der Waals surface area contributed by atoms with Gasteiger partial charge in [-0.15, -0.1) is 0 Å². The maximum Gasteiger partial charge on any atom is 0.198 e. The first kappa shape index (κ1) is 15.0. The van der Waals surface area contributed by atoms with E-state index >= 15 is 0 Å². The number of phenolic OH excluding ortho intramolecular Hbond substituents is 2. The largest absolute Gasteiger partial charge is 0.731 e. The highest BCUT2D eigenvalue weighted by Crippen LogP contribution is 2.43. The van der Waals surface area contributed by atoms with Crippen LogP contribution >= 0.6 is 0 Å². The minimum Gasteiger partial charge on any atom is -0.731 e. The monoisotopic (exact) mass is 334 g/mol. The van der Waals surface area contributed by atoms with Gasteiger partial charge in [-0.05, 0) is 6.07 Å². The van der Waals surface area contributed by atoms with E-state index in [0.29, 0.717) is 0 Å². The van der Waals surface area contributed by atoms with Crippen LogP contribution in [0.2, 0.25) is 0 Å². The lowest BCUT2D eigenvalue weighted by Crippen LogP contribution is -2.22. The molecule has 1 aliphatic rings. The molecule has 3 N–H and O–H groups in total. The summed E-state index contributed by atoms with van der Waals surface area (Å²) in [5.74, 6) is -3.32. The average Bonchev–Trinajstić information content (AvgIpc) is 2.48. The van der Waals surface area contributed by atoms with Crippen molar-refractivity contribution >= 4 is 27.6 Å². The minimum atomic E-state index is -5.00. The van der Waals surface area contributed by atoms with Gasteiger partial charge in [-0.2, -0.15) is 0 Å². The van der Waals surface area contributed by atoms with Gasteiger partial charge in [0.25, 0.3) is 0 Å². The molecule has 0 spiro atoms. The minimum absolute atomic E-state index is 0.0526. The number of ketones is 2. The molecule has 0 aromatic heterocycles. The zero-order valence-electron chi connectivity index (χ0n) is 11.2. The van der Waals surface area contributed by atoms with Crippen LogP contribution in [0.3, 0.4) is 0 Å². The van der Waals surface area contributed by atoms with Crippen molar-refractivity contribution in [1.82, 2.24) is 0 Å². The Morgan fingerprint density at radius 2 is 1.48 bits per heavy atom. The number of carbonyl (C=O) groups excluding carboxylic acids is 2. The second-order valence-electron chi connectivity index (χ2n) is 4.80. The Kier molecular flexibility index (Phi) is 3.13. The van der Waals surface area contributed by atoms with Crippen molar-refractivity contribution in [2.45, 2.75) is 0 Å². The second kappa shape index (κ2) is 4.80. The summed E-state index contributed by atoms with van der Waals surface area (Å²) in [5, 5.41) is 19.8. The number of hydrogen-bond acceptors (Lipinski definition) is 7. The zero-order valence-corrected chi connectivity index (χ0v) is 12.0. The lowest BCUT2D eigenvalue weighted by Gasteiger charge is -2.21. The Morgan fingerprint density at radius 3 is 2.04 bits per heavy atom. The van der Waals surface area contributed by atoms with Crippen molar-refractivity contribution in [1.29, 1.82) is 0 Å². The van der Waals surface area contributed by atoms with Gasteiger partial charge in [0.1, 0.15) is 0 Å². The molecule has 2 aromatic rings. The molecule has 0 atom stereocenters. The summed E-state index contributed by atoms with van der Waals surface area (Å²) in [6.45, 7) is 0. The molecular formula is C14H8NO7S-. The van der Waals surface area contributed by atoms with E-state index in [1.54, 1.807) is 0 Å². The van der Waals surface area contributed by atoms with Crippen molar-refractivity contribution in [2.24, 2.45) is 0 Å². The van der Waals surface area contributed by atoms with Crippen LogP contribution in [0.4, 0.5) is 5.69 Å². The summed E-state index contributed by atoms with van der Waals surface area (Å²) < 4.78 is 33.7. The highest BCUT2D eigenvalue weighted by Gasteiger charge is 2.34. The number of hydrogen-bond donors (Lipinski definition) is 3. The standard InChI is InChI=1S/C14H9NO7S/c16-11-6-3-1-2-4-7(6)12(17)10-8(11)5-9(13(18)14(10)19)15-23(20,21)22/h1-5,15,18-19H,(H,20,21,22)/p-1. The third kappa shape index (κ3) is 2.31. The topological polar surface area (TPSA) is 144 Å². The molecular weight excluding hydrogens is 326 g/mol. The Bertz CT molecular complexity index is 979. The van der Waals surface area contributed by atoms with Gasteiger partial charge < -0.3 is 14.8 Å². The molecule has 0 saturated carbocycles. The molecule has 0 saturated heterocycles. The predicted octanol–water partition coefficient (Wildman–Crippen LogP) is 0.745. The van der Waals surface area contributed by atoms with Crippen LogP contribution in [0.1, 0.15) is 31.8 Å². The summed E-state index contributed by atoms with van der Waals surface area (Å²) in [6.07, 6.45) is 0. The van der Waals surface area contributed by atoms with Gasteiger partial charge in [0.05, 0.1) is 11.3 Å². The number of carbonyl (C=O) groups is 2. The Hall–Kier alpha value is -2.91. The summed E-state index contributed by atoms with van der Waals surface area (Å²) in [4.78, 5) is 24.8. The van der Waals surface area contributed by atoms with Crippen molar-refractivity contribution in [2.75, 3.05) is 4.72 Å². The fourth-order valence-corrected chi connectivity index (χ4v) is 2.86. The third-order valence-corrected chi connectivity index (χ3v) is 3.87. The summed E-state index contributed by atoms with van der Waals surface area (Å²) in [6, 6.07) is 6.71. The van der Waals surface area contributed by atoms with Crippen molar-refractivity contribution < 1.29 is 32.8 Å². The molecule has 3 rings (SSSR count). The molecule has 2 aromatic carbocycles. The lowest BCUT2D eigenvalue weighted by molar-refractivity contribution is 0.0976. The second-order valence-corrected chi connectivity index (χ2v) is 5.92. The highest BCUT2D eigenvalue weighted by atomic mass is 32.2. The number of anilines is 1. The smallest absolute Gasteiger partial charge is 0.198 e. The molecule has 0 fully saturated rings. The molecule has 0 bridgehead atoms. The first-order valence-electron chi connectivity index (χ1n) is 6.21. The molecule has 23 heavy (non-hydrogen) atoms. The van der Waals surface area contributed by atoms with E-state index in [1.807, 2.05) is 0 Å². The number of rotatable bonds is 2. The van der Waals surface area contributed by atoms with Crippen molar-refractivity contribution in [3.63, 3.8) is 0 Å². The summed E-state index contributed by atoms with van der Waals surface area (Å²) in [5.41, 5.74) is -1.31. The summed E-state index contributed by atoms with van der Waals surface area (Å²) in [7, 11) is -5.00. The average molecular weight is 334 g/mol. The Morgan fingerprint density at radius 1 is 0.913 bits per heavy atom. The van der Waals surface area contributed by atoms with Gasteiger partial charge >= 0.3 is 0 Å². The quantitative estimate of drug-likeness (QED) is 0.463. The SMILES string of the molecule is O=C1c2ccccc2C(=O)c2c1cc(NS(=O)(=O)[O-])c(O)c2O. The number of phenols is 2. The molecule has 9 heteroatoms. The molecule has 0 heterocycles. The van der Waals surface area contributed by atoms with Gasteiger partial charge in [-0.1, -0.05) is 24.3 Å². The molecule has 118 valence electrons. The van der Waals surface area contributed by atoms with Crippen LogP contribution in [-0.2, 0) is 10.3 Å². The van der Waals surface area contributed by atoms with Gasteiger partial charge in [-0.25, -0.2) is 8.42 Å². The van der Waals surface area contributed by atoms with Crippen LogP contribution < -0.4 is 4.72 Å². The molecule has 0 unspecified atom stereocenters. The van der Waals surface area contributed by atoms with E-state index < -0.39 is 44.6 Å². The first-order chi connectivity index (χ1) is 10.7. The van der Waals surface area contributed by atoms with Crippen LogP contribution in [0, 0.1) is 0 Å². The van der Waals surface area contributed by atoms with E-state index in [-0.39, 0.29) is 16.7 Å². The first-order valence-corrected chi connectivity index (χ1v) is 7.62. The Labute approximate surface area is 129 Å². The maximum atomic E-state index is 12.4. The Balaban J connectivity index is 2.29. The number of nitrogens with one attached hydrogen (secondary N) is 1. The molecule has 0 amide bonds. The van der Waals surface area contributed by atoms with Gasteiger partial charge in [0, 0.05) is 16.7 Å². The number of fused-ring (bicyclic) bond motifs is 2. The fraction of sp³-hybridized carbons (Fsp3) is 0. The fourth-order valence-electron chi connectivity index (χ4n) is 2.44. The zero-order chi connectivity index (χ0) is 16.9. The molecule has 0 radical (unpaired) electrons. The summed E-state index contributed by atoms with van der Waals surface area (Å²) >= 11 is 0.